The molecule has 0 atom stereocenters. The second-order valence-corrected chi connectivity index (χ2v) is 4.36. The van der Waals surface area contributed by atoms with Gasteiger partial charge < -0.3 is 15.5 Å². The minimum atomic E-state index is -0.346. The molecule has 0 aromatic carbocycles. The first-order valence-corrected chi connectivity index (χ1v) is 4.98. The van der Waals surface area contributed by atoms with E-state index in [-0.39, 0.29) is 17.9 Å². The van der Waals surface area contributed by atoms with Crippen molar-refractivity contribution in [1.29, 1.82) is 0 Å². The molecule has 0 unspecified atom stereocenters. The van der Waals surface area contributed by atoms with E-state index in [0.29, 0.717) is 6.54 Å². The van der Waals surface area contributed by atoms with Crippen molar-refractivity contribution in [3.05, 3.63) is 23.7 Å². The van der Waals surface area contributed by atoms with Crippen molar-refractivity contribution in [3.63, 3.8) is 0 Å². The molecule has 1 heterocycles. The summed E-state index contributed by atoms with van der Waals surface area (Å²) in [6, 6.07) is 3.90. The molecule has 1 rings (SSSR count). The number of hydrogen-bond donors (Lipinski definition) is 2. The van der Waals surface area contributed by atoms with Crippen LogP contribution in [0.2, 0.25) is 0 Å². The van der Waals surface area contributed by atoms with Crippen molar-refractivity contribution in [3.8, 4) is 0 Å². The largest absolute Gasteiger partial charge is 0.466 e. The van der Waals surface area contributed by atoms with E-state index in [1.807, 2.05) is 19.1 Å². The average Bonchev–Trinajstić information content (AvgIpc) is 2.51. The van der Waals surface area contributed by atoms with Gasteiger partial charge in [-0.2, -0.15) is 0 Å². The van der Waals surface area contributed by atoms with Gasteiger partial charge in [0.2, 0.25) is 5.91 Å². The third-order valence-electron chi connectivity index (χ3n) is 2.27. The summed E-state index contributed by atoms with van der Waals surface area (Å²) < 4.78 is 5.55. The fourth-order valence-electron chi connectivity index (χ4n) is 1.38. The van der Waals surface area contributed by atoms with Crippen molar-refractivity contribution in [2.75, 3.05) is 13.1 Å². The van der Waals surface area contributed by atoms with E-state index in [0.717, 1.165) is 11.5 Å². The first kappa shape index (κ1) is 11.8. The van der Waals surface area contributed by atoms with Crippen LogP contribution in [0.1, 0.15) is 25.4 Å². The monoisotopic (exact) mass is 210 g/mol. The Hall–Kier alpha value is -1.29. The van der Waals surface area contributed by atoms with Gasteiger partial charge in [0.25, 0.3) is 0 Å². The predicted octanol–water partition coefficient (Wildman–Crippen LogP) is 0.941. The summed E-state index contributed by atoms with van der Waals surface area (Å²) >= 11 is 0. The maximum Gasteiger partial charge on any atom is 0.231 e. The highest BCUT2D eigenvalue weighted by atomic mass is 16.3. The van der Waals surface area contributed by atoms with Gasteiger partial charge in [-0.25, -0.2) is 0 Å². The average molecular weight is 210 g/mol. The molecule has 0 saturated carbocycles. The lowest BCUT2D eigenvalue weighted by Crippen LogP contribution is -2.37. The number of amides is 1. The summed E-state index contributed by atoms with van der Waals surface area (Å²) in [5, 5.41) is 3.00. The van der Waals surface area contributed by atoms with Gasteiger partial charge in [0, 0.05) is 12.0 Å². The standard InChI is InChI=1S/C11H18N2O2/c1-8-4-5-9(15-8)11(2,3)7-13-6-10(12)14/h4-5,13H,6-7H2,1-3H3,(H2,12,14). The summed E-state index contributed by atoms with van der Waals surface area (Å²) in [7, 11) is 0. The van der Waals surface area contributed by atoms with Crippen LogP contribution in [0.5, 0.6) is 0 Å². The molecule has 3 N–H and O–H groups in total. The molecule has 0 fully saturated rings. The summed E-state index contributed by atoms with van der Waals surface area (Å²) in [4.78, 5) is 10.6. The van der Waals surface area contributed by atoms with Gasteiger partial charge in [-0.15, -0.1) is 0 Å². The molecule has 1 aromatic heterocycles. The van der Waals surface area contributed by atoms with Crippen molar-refractivity contribution in [1.82, 2.24) is 5.32 Å². The van der Waals surface area contributed by atoms with Crippen molar-refractivity contribution < 1.29 is 9.21 Å². The van der Waals surface area contributed by atoms with Crippen LogP contribution >= 0.6 is 0 Å². The Morgan fingerprint density at radius 2 is 2.20 bits per heavy atom. The van der Waals surface area contributed by atoms with Gasteiger partial charge in [-0.05, 0) is 19.1 Å². The van der Waals surface area contributed by atoms with Crippen LogP contribution in [0, 0.1) is 6.92 Å². The summed E-state index contributed by atoms with van der Waals surface area (Å²) in [5.74, 6) is 1.46. The normalized spacial score (nSPS) is 11.7. The third-order valence-corrected chi connectivity index (χ3v) is 2.27. The molecule has 0 radical (unpaired) electrons. The third kappa shape index (κ3) is 3.40. The zero-order valence-electron chi connectivity index (χ0n) is 9.46. The van der Waals surface area contributed by atoms with Crippen LogP contribution in [-0.4, -0.2) is 19.0 Å². The maximum absolute atomic E-state index is 10.6. The molecule has 84 valence electrons. The summed E-state index contributed by atoms with van der Waals surface area (Å²) in [5.41, 5.74) is 4.90. The van der Waals surface area contributed by atoms with Crippen LogP contribution in [-0.2, 0) is 10.2 Å². The van der Waals surface area contributed by atoms with Crippen molar-refractivity contribution in [2.24, 2.45) is 5.73 Å². The fraction of sp³-hybridized carbons (Fsp3) is 0.545. The molecule has 0 saturated heterocycles. The maximum atomic E-state index is 10.6. The van der Waals surface area contributed by atoms with Crippen molar-refractivity contribution in [2.45, 2.75) is 26.2 Å². The van der Waals surface area contributed by atoms with E-state index in [1.165, 1.54) is 0 Å². The predicted molar refractivity (Wildman–Crippen MR) is 58.5 cm³/mol. The highest BCUT2D eigenvalue weighted by Gasteiger charge is 2.23. The molecular weight excluding hydrogens is 192 g/mol. The molecule has 0 spiro atoms. The lowest BCUT2D eigenvalue weighted by Gasteiger charge is -2.22. The molecule has 4 nitrogen and oxygen atoms in total. The van der Waals surface area contributed by atoms with E-state index in [4.69, 9.17) is 10.2 Å². The zero-order chi connectivity index (χ0) is 11.5. The van der Waals surface area contributed by atoms with Gasteiger partial charge in [-0.3, -0.25) is 4.79 Å². The number of nitrogens with two attached hydrogens (primary N) is 1. The van der Waals surface area contributed by atoms with Crippen LogP contribution in [0.25, 0.3) is 0 Å². The molecule has 0 aliphatic heterocycles. The highest BCUT2D eigenvalue weighted by molar-refractivity contribution is 5.75. The number of primary amides is 1. The lowest BCUT2D eigenvalue weighted by atomic mass is 9.90. The first-order chi connectivity index (χ1) is 6.92. The van der Waals surface area contributed by atoms with Gasteiger partial charge in [0.15, 0.2) is 0 Å². The van der Waals surface area contributed by atoms with E-state index in [9.17, 15) is 4.79 Å². The minimum absolute atomic E-state index is 0.135. The second kappa shape index (κ2) is 4.49. The molecule has 0 aliphatic rings. The van der Waals surface area contributed by atoms with Crippen LogP contribution in [0.3, 0.4) is 0 Å². The molecule has 0 bridgehead atoms. The SMILES string of the molecule is Cc1ccc(C(C)(C)CNCC(N)=O)o1. The number of hydrogen-bond acceptors (Lipinski definition) is 3. The molecule has 0 aliphatic carbocycles. The van der Waals surface area contributed by atoms with E-state index in [1.54, 1.807) is 0 Å². The molecule has 1 amide bonds. The topological polar surface area (TPSA) is 68.3 Å². The van der Waals surface area contributed by atoms with Crippen LogP contribution in [0.4, 0.5) is 0 Å². The van der Waals surface area contributed by atoms with Crippen LogP contribution in [0.15, 0.2) is 16.5 Å². The first-order valence-electron chi connectivity index (χ1n) is 4.98. The van der Waals surface area contributed by atoms with Crippen LogP contribution < -0.4 is 11.1 Å². The zero-order valence-corrected chi connectivity index (χ0v) is 9.46. The number of carbonyl (C=O) groups is 1. The number of carbonyl (C=O) groups excluding carboxylic acids is 1. The number of aryl methyl sites for hydroxylation is 1. The Kier molecular flexibility index (Phi) is 3.52. The van der Waals surface area contributed by atoms with E-state index >= 15 is 0 Å². The summed E-state index contributed by atoms with van der Waals surface area (Å²) in [6.07, 6.45) is 0. The smallest absolute Gasteiger partial charge is 0.231 e. The van der Waals surface area contributed by atoms with Gasteiger partial charge >= 0.3 is 0 Å². The van der Waals surface area contributed by atoms with Gasteiger partial charge in [-0.1, -0.05) is 13.8 Å². The minimum Gasteiger partial charge on any atom is -0.466 e. The molecule has 4 heteroatoms. The Morgan fingerprint density at radius 3 is 2.67 bits per heavy atom. The number of nitrogens with one attached hydrogen (secondary N) is 1. The Bertz CT molecular complexity index is 342. The molecule has 1 aromatic rings. The van der Waals surface area contributed by atoms with Gasteiger partial charge in [0.1, 0.15) is 11.5 Å². The molecular formula is C11H18N2O2. The molecule has 15 heavy (non-hydrogen) atoms. The van der Waals surface area contributed by atoms with Gasteiger partial charge in [0.05, 0.1) is 6.54 Å². The lowest BCUT2D eigenvalue weighted by molar-refractivity contribution is -0.117. The second-order valence-electron chi connectivity index (χ2n) is 4.36. The van der Waals surface area contributed by atoms with E-state index < -0.39 is 0 Å². The highest BCUT2D eigenvalue weighted by Crippen LogP contribution is 2.24. The number of rotatable bonds is 5. The fourth-order valence-corrected chi connectivity index (χ4v) is 1.38. The van der Waals surface area contributed by atoms with Crippen molar-refractivity contribution >= 4 is 5.91 Å². The Labute approximate surface area is 89.8 Å². The summed E-state index contributed by atoms with van der Waals surface area (Å²) in [6.45, 7) is 6.88. The van der Waals surface area contributed by atoms with E-state index in [2.05, 4.69) is 19.2 Å². The Balaban J connectivity index is 2.55. The number of furan rings is 1. The Morgan fingerprint density at radius 1 is 1.53 bits per heavy atom. The quantitative estimate of drug-likeness (QED) is 0.760.